The van der Waals surface area contributed by atoms with Crippen LogP contribution in [0.25, 0.3) is 11.0 Å². The first-order chi connectivity index (χ1) is 8.38. The summed E-state index contributed by atoms with van der Waals surface area (Å²) in [5, 5.41) is 1.11. The summed E-state index contributed by atoms with van der Waals surface area (Å²) < 4.78 is 5.40. The average molecular weight is 251 g/mol. The number of alkyl halides is 1. The van der Waals surface area contributed by atoms with Crippen LogP contribution in [0.2, 0.25) is 0 Å². The molecule has 90 valence electrons. The lowest BCUT2D eigenvalue weighted by atomic mass is 9.99. The zero-order chi connectivity index (χ0) is 11.7. The van der Waals surface area contributed by atoms with Gasteiger partial charge in [-0.2, -0.15) is 0 Å². The van der Waals surface area contributed by atoms with Crippen LogP contribution in [-0.4, -0.2) is 24.0 Å². The van der Waals surface area contributed by atoms with Crippen molar-refractivity contribution >= 4 is 28.4 Å². The molecule has 17 heavy (non-hydrogen) atoms. The van der Waals surface area contributed by atoms with E-state index in [9.17, 15) is 0 Å². The molecule has 0 aliphatic carbocycles. The Bertz CT molecular complexity index is 503. The topological polar surface area (TPSA) is 29.3 Å². The van der Waals surface area contributed by atoms with Crippen LogP contribution in [-0.2, 0) is 0 Å². The Hall–Kier alpha value is -1.22. The Balaban J connectivity index is 1.87. The molecule has 0 spiro atoms. The van der Waals surface area contributed by atoms with E-state index in [-0.39, 0.29) is 0 Å². The van der Waals surface area contributed by atoms with Crippen molar-refractivity contribution in [3.05, 3.63) is 24.6 Å². The van der Waals surface area contributed by atoms with Gasteiger partial charge in [0.25, 0.3) is 0 Å². The van der Waals surface area contributed by atoms with E-state index >= 15 is 0 Å². The molecule has 1 aliphatic heterocycles. The van der Waals surface area contributed by atoms with Crippen molar-refractivity contribution in [2.24, 2.45) is 5.92 Å². The predicted molar refractivity (Wildman–Crippen MR) is 69.7 cm³/mol. The molecular weight excluding hydrogens is 236 g/mol. The van der Waals surface area contributed by atoms with Crippen molar-refractivity contribution in [3.8, 4) is 0 Å². The van der Waals surface area contributed by atoms with Gasteiger partial charge >= 0.3 is 0 Å². The highest BCUT2D eigenvalue weighted by atomic mass is 35.5. The Kier molecular flexibility index (Phi) is 2.93. The number of hydrogen-bond acceptors (Lipinski definition) is 3. The van der Waals surface area contributed by atoms with Crippen molar-refractivity contribution in [2.45, 2.75) is 12.8 Å². The van der Waals surface area contributed by atoms with Crippen LogP contribution in [0.3, 0.4) is 0 Å². The Labute approximate surface area is 105 Å². The van der Waals surface area contributed by atoms with Crippen molar-refractivity contribution in [2.75, 3.05) is 23.9 Å². The van der Waals surface area contributed by atoms with Crippen LogP contribution in [0.1, 0.15) is 12.8 Å². The van der Waals surface area contributed by atoms with Gasteiger partial charge in [-0.3, -0.25) is 0 Å². The maximum atomic E-state index is 5.90. The quantitative estimate of drug-likeness (QED) is 0.766. The van der Waals surface area contributed by atoms with Gasteiger partial charge < -0.3 is 9.32 Å². The van der Waals surface area contributed by atoms with Gasteiger partial charge in [0.1, 0.15) is 11.4 Å². The molecule has 0 atom stereocenters. The summed E-state index contributed by atoms with van der Waals surface area (Å²) in [6, 6.07) is 3.90. The SMILES string of the molecule is ClCC1CCN(c2nccc3occc23)CC1. The third-order valence-corrected chi connectivity index (χ3v) is 3.93. The first kappa shape index (κ1) is 10.9. The van der Waals surface area contributed by atoms with E-state index in [2.05, 4.69) is 9.88 Å². The van der Waals surface area contributed by atoms with Crippen molar-refractivity contribution in [3.63, 3.8) is 0 Å². The van der Waals surface area contributed by atoms with Gasteiger partial charge in [-0.05, 0) is 30.9 Å². The smallest absolute Gasteiger partial charge is 0.139 e. The van der Waals surface area contributed by atoms with E-state index in [0.717, 1.165) is 48.6 Å². The van der Waals surface area contributed by atoms with E-state index < -0.39 is 0 Å². The number of fused-ring (bicyclic) bond motifs is 1. The van der Waals surface area contributed by atoms with Crippen molar-refractivity contribution < 1.29 is 4.42 Å². The fourth-order valence-electron chi connectivity index (χ4n) is 2.43. The normalized spacial score (nSPS) is 17.8. The highest BCUT2D eigenvalue weighted by Crippen LogP contribution is 2.28. The van der Waals surface area contributed by atoms with Gasteiger partial charge in [0.05, 0.1) is 11.6 Å². The number of aromatic nitrogens is 1. The van der Waals surface area contributed by atoms with Gasteiger partial charge in [0.15, 0.2) is 0 Å². The summed E-state index contributed by atoms with van der Waals surface area (Å²) in [7, 11) is 0. The largest absolute Gasteiger partial charge is 0.464 e. The molecule has 4 heteroatoms. The van der Waals surface area contributed by atoms with Gasteiger partial charge in [0.2, 0.25) is 0 Å². The van der Waals surface area contributed by atoms with Gasteiger partial charge in [-0.25, -0.2) is 4.98 Å². The van der Waals surface area contributed by atoms with Crippen LogP contribution in [0, 0.1) is 5.92 Å². The molecule has 1 aliphatic rings. The lowest BCUT2D eigenvalue weighted by Gasteiger charge is -2.32. The number of pyridine rings is 1. The van der Waals surface area contributed by atoms with Crippen LogP contribution in [0.4, 0.5) is 5.82 Å². The molecule has 2 aromatic rings. The molecule has 0 bridgehead atoms. The first-order valence-corrected chi connectivity index (χ1v) is 6.55. The molecular formula is C13H15ClN2O. The fraction of sp³-hybridized carbons (Fsp3) is 0.462. The van der Waals surface area contributed by atoms with Crippen LogP contribution in [0.15, 0.2) is 29.0 Å². The summed E-state index contributed by atoms with van der Waals surface area (Å²) in [6.45, 7) is 2.07. The molecule has 3 rings (SSSR count). The fourth-order valence-corrected chi connectivity index (χ4v) is 2.74. The second kappa shape index (κ2) is 4.57. The molecule has 0 unspecified atom stereocenters. The number of anilines is 1. The average Bonchev–Trinajstić information content (AvgIpc) is 2.87. The first-order valence-electron chi connectivity index (χ1n) is 6.01. The molecule has 0 amide bonds. The summed E-state index contributed by atoms with van der Waals surface area (Å²) >= 11 is 5.90. The summed E-state index contributed by atoms with van der Waals surface area (Å²) in [5.74, 6) is 2.48. The number of rotatable bonds is 2. The molecule has 1 fully saturated rings. The van der Waals surface area contributed by atoms with Crippen molar-refractivity contribution in [1.82, 2.24) is 4.98 Å². The van der Waals surface area contributed by atoms with E-state index in [0.29, 0.717) is 5.92 Å². The standard InChI is InChI=1S/C13H15ClN2O/c14-9-10-2-6-16(7-3-10)13-11-4-8-17-12(11)1-5-15-13/h1,4-5,8,10H,2-3,6-7,9H2. The monoisotopic (exact) mass is 250 g/mol. The van der Waals surface area contributed by atoms with Crippen LogP contribution < -0.4 is 4.90 Å². The zero-order valence-electron chi connectivity index (χ0n) is 9.60. The maximum Gasteiger partial charge on any atom is 0.139 e. The maximum absolute atomic E-state index is 5.90. The minimum Gasteiger partial charge on any atom is -0.464 e. The lowest BCUT2D eigenvalue weighted by molar-refractivity contribution is 0.441. The summed E-state index contributed by atoms with van der Waals surface area (Å²) in [4.78, 5) is 6.82. The molecule has 3 heterocycles. The van der Waals surface area contributed by atoms with Crippen LogP contribution >= 0.6 is 11.6 Å². The Morgan fingerprint density at radius 2 is 2.18 bits per heavy atom. The van der Waals surface area contributed by atoms with Gasteiger partial charge in [0, 0.05) is 25.2 Å². The molecule has 0 N–H and O–H groups in total. The number of nitrogens with zero attached hydrogens (tertiary/aromatic N) is 2. The minimum absolute atomic E-state index is 0.663. The molecule has 2 aromatic heterocycles. The van der Waals surface area contributed by atoms with E-state index in [1.54, 1.807) is 6.26 Å². The zero-order valence-corrected chi connectivity index (χ0v) is 10.4. The molecule has 0 saturated carbocycles. The second-order valence-corrected chi connectivity index (χ2v) is 4.86. The Morgan fingerprint density at radius 3 is 2.94 bits per heavy atom. The highest BCUT2D eigenvalue weighted by Gasteiger charge is 2.21. The van der Waals surface area contributed by atoms with Gasteiger partial charge in [-0.15, -0.1) is 11.6 Å². The summed E-state index contributed by atoms with van der Waals surface area (Å²) in [6.07, 6.45) is 5.84. The van der Waals surface area contributed by atoms with E-state index in [4.69, 9.17) is 16.0 Å². The second-order valence-electron chi connectivity index (χ2n) is 4.55. The number of piperidine rings is 1. The molecule has 3 nitrogen and oxygen atoms in total. The van der Waals surface area contributed by atoms with E-state index in [1.165, 1.54) is 0 Å². The molecule has 0 aromatic carbocycles. The summed E-state index contributed by atoms with van der Waals surface area (Å²) in [5.41, 5.74) is 0.912. The molecule has 1 saturated heterocycles. The van der Waals surface area contributed by atoms with Crippen molar-refractivity contribution in [1.29, 1.82) is 0 Å². The lowest BCUT2D eigenvalue weighted by Crippen LogP contribution is -2.34. The minimum atomic E-state index is 0.663. The number of halogens is 1. The predicted octanol–water partition coefficient (Wildman–Crippen LogP) is 3.28. The number of hydrogen-bond donors (Lipinski definition) is 0. The third kappa shape index (κ3) is 2.00. The van der Waals surface area contributed by atoms with Crippen LogP contribution in [0.5, 0.6) is 0 Å². The van der Waals surface area contributed by atoms with E-state index in [1.807, 2.05) is 18.3 Å². The highest BCUT2D eigenvalue weighted by molar-refractivity contribution is 6.18. The number of furan rings is 1. The third-order valence-electron chi connectivity index (χ3n) is 3.49. The Morgan fingerprint density at radius 1 is 1.35 bits per heavy atom. The van der Waals surface area contributed by atoms with Gasteiger partial charge in [-0.1, -0.05) is 0 Å². The molecule has 0 radical (unpaired) electrons.